The Morgan fingerprint density at radius 2 is 1.83 bits per heavy atom. The summed E-state index contributed by atoms with van der Waals surface area (Å²) in [5, 5.41) is 0. The van der Waals surface area contributed by atoms with Gasteiger partial charge >= 0.3 is 0 Å². The average molecular weight is 347 g/mol. The first kappa shape index (κ1) is 16.6. The van der Waals surface area contributed by atoms with Gasteiger partial charge in [-0.25, -0.2) is 8.42 Å². The minimum absolute atomic E-state index is 0.118. The van der Waals surface area contributed by atoms with Gasteiger partial charge in [0.25, 0.3) is 10.0 Å². The Kier molecular flexibility index (Phi) is 4.41. The minimum atomic E-state index is -3.77. The molecule has 2 aromatic carbocycles. The normalized spacial score (nSPS) is 17.3. The van der Waals surface area contributed by atoms with Crippen LogP contribution in [0.3, 0.4) is 0 Å². The summed E-state index contributed by atoms with van der Waals surface area (Å²) in [5.74, 6) is 0.790. The molecule has 0 radical (unpaired) electrons. The van der Waals surface area contributed by atoms with Gasteiger partial charge in [0, 0.05) is 12.1 Å². The van der Waals surface area contributed by atoms with E-state index in [1.165, 1.54) is 24.6 Å². The van der Waals surface area contributed by atoms with Crippen LogP contribution in [0.5, 0.6) is 11.5 Å². The molecule has 0 N–H and O–H groups in total. The summed E-state index contributed by atoms with van der Waals surface area (Å²) < 4.78 is 38.8. The molecule has 0 spiro atoms. The van der Waals surface area contributed by atoms with Crippen LogP contribution in [-0.4, -0.2) is 28.7 Å². The summed E-state index contributed by atoms with van der Waals surface area (Å²) in [5.41, 5.74) is 1.78. The second kappa shape index (κ2) is 6.36. The van der Waals surface area contributed by atoms with Crippen molar-refractivity contribution in [2.45, 2.75) is 30.7 Å². The van der Waals surface area contributed by atoms with Crippen molar-refractivity contribution >= 4 is 15.7 Å². The van der Waals surface area contributed by atoms with Gasteiger partial charge in [-0.1, -0.05) is 18.2 Å². The van der Waals surface area contributed by atoms with E-state index in [1.54, 1.807) is 12.1 Å². The number of rotatable bonds is 4. The first-order valence-electron chi connectivity index (χ1n) is 7.83. The summed E-state index contributed by atoms with van der Waals surface area (Å²) in [6.07, 6.45) is 1.65. The number of para-hydroxylation sites is 1. The van der Waals surface area contributed by atoms with Crippen molar-refractivity contribution in [3.05, 3.63) is 48.0 Å². The fourth-order valence-corrected chi connectivity index (χ4v) is 5.01. The van der Waals surface area contributed by atoms with E-state index >= 15 is 0 Å². The van der Waals surface area contributed by atoms with Crippen LogP contribution < -0.4 is 13.8 Å². The molecule has 24 heavy (non-hydrogen) atoms. The van der Waals surface area contributed by atoms with Gasteiger partial charge in [-0.15, -0.1) is 0 Å². The SMILES string of the molecule is COc1ccc(OC)c(S(=O)(=O)N2c3ccccc3CCC2C)c1. The number of hydrogen-bond donors (Lipinski definition) is 0. The van der Waals surface area contributed by atoms with E-state index < -0.39 is 10.0 Å². The zero-order valence-electron chi connectivity index (χ0n) is 14.0. The van der Waals surface area contributed by atoms with Crippen molar-refractivity contribution in [3.63, 3.8) is 0 Å². The van der Waals surface area contributed by atoms with Gasteiger partial charge in [0.15, 0.2) is 0 Å². The summed E-state index contributed by atoms with van der Waals surface area (Å²) in [6.45, 7) is 1.93. The lowest BCUT2D eigenvalue weighted by Gasteiger charge is -2.36. The molecular weight excluding hydrogens is 326 g/mol. The lowest BCUT2D eigenvalue weighted by molar-refractivity contribution is 0.392. The number of sulfonamides is 1. The van der Waals surface area contributed by atoms with Gasteiger partial charge in [-0.05, 0) is 43.5 Å². The van der Waals surface area contributed by atoms with Gasteiger partial charge in [0.1, 0.15) is 16.4 Å². The predicted molar refractivity (Wildman–Crippen MR) is 93.4 cm³/mol. The predicted octanol–water partition coefficient (Wildman–Crippen LogP) is 3.23. The Morgan fingerprint density at radius 1 is 1.08 bits per heavy atom. The van der Waals surface area contributed by atoms with E-state index in [1.807, 2.05) is 31.2 Å². The number of aryl methyl sites for hydroxylation is 1. The summed E-state index contributed by atoms with van der Waals surface area (Å²) >= 11 is 0. The van der Waals surface area contributed by atoms with Gasteiger partial charge < -0.3 is 9.47 Å². The number of nitrogens with zero attached hydrogens (tertiary/aromatic N) is 1. The molecule has 1 aliphatic rings. The van der Waals surface area contributed by atoms with Crippen molar-refractivity contribution in [3.8, 4) is 11.5 Å². The van der Waals surface area contributed by atoms with Crippen molar-refractivity contribution < 1.29 is 17.9 Å². The average Bonchev–Trinajstić information content (AvgIpc) is 2.60. The van der Waals surface area contributed by atoms with Crippen LogP contribution in [0.4, 0.5) is 5.69 Å². The Labute approximate surface area is 142 Å². The number of ether oxygens (including phenoxy) is 2. The topological polar surface area (TPSA) is 55.8 Å². The first-order valence-corrected chi connectivity index (χ1v) is 9.27. The maximum atomic E-state index is 13.4. The minimum Gasteiger partial charge on any atom is -0.497 e. The Balaban J connectivity index is 2.18. The number of benzene rings is 2. The highest BCUT2D eigenvalue weighted by atomic mass is 32.2. The molecule has 2 aromatic rings. The molecule has 5 nitrogen and oxygen atoms in total. The second-order valence-electron chi connectivity index (χ2n) is 5.83. The van der Waals surface area contributed by atoms with Crippen molar-refractivity contribution in [1.29, 1.82) is 0 Å². The third kappa shape index (κ3) is 2.71. The summed E-state index contributed by atoms with van der Waals surface area (Å²) in [4.78, 5) is 0.118. The van der Waals surface area contributed by atoms with Crippen LogP contribution in [0, 0.1) is 0 Å². The molecule has 0 amide bonds. The smallest absolute Gasteiger partial charge is 0.268 e. The largest absolute Gasteiger partial charge is 0.497 e. The zero-order valence-corrected chi connectivity index (χ0v) is 14.8. The Hall–Kier alpha value is -2.21. The molecule has 1 unspecified atom stereocenters. The molecule has 0 bridgehead atoms. The van der Waals surface area contributed by atoms with E-state index in [0.717, 1.165) is 24.1 Å². The van der Waals surface area contributed by atoms with Crippen LogP contribution in [0.15, 0.2) is 47.4 Å². The number of hydrogen-bond acceptors (Lipinski definition) is 4. The highest BCUT2D eigenvalue weighted by molar-refractivity contribution is 7.93. The third-order valence-electron chi connectivity index (χ3n) is 4.37. The number of methoxy groups -OCH3 is 2. The second-order valence-corrected chi connectivity index (χ2v) is 7.62. The van der Waals surface area contributed by atoms with Crippen molar-refractivity contribution in [2.75, 3.05) is 18.5 Å². The van der Waals surface area contributed by atoms with Crippen LogP contribution in [-0.2, 0) is 16.4 Å². The van der Waals surface area contributed by atoms with E-state index in [4.69, 9.17) is 9.47 Å². The van der Waals surface area contributed by atoms with Crippen molar-refractivity contribution in [2.24, 2.45) is 0 Å². The van der Waals surface area contributed by atoms with Crippen LogP contribution >= 0.6 is 0 Å². The van der Waals surface area contributed by atoms with Gasteiger partial charge in [-0.3, -0.25) is 4.31 Å². The lowest BCUT2D eigenvalue weighted by Crippen LogP contribution is -2.42. The molecule has 1 heterocycles. The Bertz CT molecular complexity index is 848. The highest BCUT2D eigenvalue weighted by Gasteiger charge is 2.35. The molecule has 1 aliphatic heterocycles. The fraction of sp³-hybridized carbons (Fsp3) is 0.333. The van der Waals surface area contributed by atoms with Gasteiger partial charge in [0.05, 0.1) is 19.9 Å². The number of anilines is 1. The molecule has 0 aromatic heterocycles. The quantitative estimate of drug-likeness (QED) is 0.852. The maximum Gasteiger partial charge on any atom is 0.268 e. The fourth-order valence-electron chi connectivity index (χ4n) is 3.11. The third-order valence-corrected chi connectivity index (χ3v) is 6.32. The van der Waals surface area contributed by atoms with E-state index in [2.05, 4.69) is 0 Å². The molecule has 128 valence electrons. The summed E-state index contributed by atoms with van der Waals surface area (Å²) in [6, 6.07) is 12.3. The van der Waals surface area contributed by atoms with Gasteiger partial charge in [0.2, 0.25) is 0 Å². The maximum absolute atomic E-state index is 13.4. The van der Waals surface area contributed by atoms with E-state index in [0.29, 0.717) is 11.5 Å². The zero-order chi connectivity index (χ0) is 17.3. The van der Waals surface area contributed by atoms with Crippen LogP contribution in [0.2, 0.25) is 0 Å². The van der Waals surface area contributed by atoms with Crippen LogP contribution in [0.1, 0.15) is 18.9 Å². The Morgan fingerprint density at radius 3 is 2.54 bits per heavy atom. The van der Waals surface area contributed by atoms with E-state index in [-0.39, 0.29) is 10.9 Å². The molecule has 0 fully saturated rings. The lowest BCUT2D eigenvalue weighted by atomic mass is 9.99. The van der Waals surface area contributed by atoms with Crippen LogP contribution in [0.25, 0.3) is 0 Å². The van der Waals surface area contributed by atoms with Gasteiger partial charge in [-0.2, -0.15) is 0 Å². The van der Waals surface area contributed by atoms with E-state index in [9.17, 15) is 8.42 Å². The standard InChI is InChI=1S/C18H21NO4S/c1-13-8-9-14-6-4-5-7-16(14)19(13)24(20,21)18-12-15(22-2)10-11-17(18)23-3/h4-7,10-13H,8-9H2,1-3H3. The summed E-state index contributed by atoms with van der Waals surface area (Å²) in [7, 11) is -0.794. The first-order chi connectivity index (χ1) is 11.5. The molecule has 0 aliphatic carbocycles. The molecular formula is C18H21NO4S. The molecule has 6 heteroatoms. The molecule has 0 saturated carbocycles. The molecule has 1 atom stereocenters. The molecule has 3 rings (SSSR count). The monoisotopic (exact) mass is 347 g/mol. The van der Waals surface area contributed by atoms with Crippen molar-refractivity contribution in [1.82, 2.24) is 0 Å². The highest BCUT2D eigenvalue weighted by Crippen LogP contribution is 2.38. The molecule has 0 saturated heterocycles. The number of fused-ring (bicyclic) bond motifs is 1.